The van der Waals surface area contributed by atoms with Crippen molar-refractivity contribution in [2.24, 2.45) is 5.92 Å². The SMILES string of the molecule is CC1CC(C(=O)N(CC(F)(F)F)C2CCNCC2)CO1. The molecule has 20 heavy (non-hydrogen) atoms. The van der Waals surface area contributed by atoms with Gasteiger partial charge in [-0.25, -0.2) is 0 Å². The summed E-state index contributed by atoms with van der Waals surface area (Å²) in [5.41, 5.74) is 0. The molecule has 1 amide bonds. The first kappa shape index (κ1) is 15.6. The van der Waals surface area contributed by atoms with Crippen LogP contribution in [0.15, 0.2) is 0 Å². The third kappa shape index (κ3) is 4.09. The molecule has 2 unspecified atom stereocenters. The molecule has 0 bridgehead atoms. The zero-order valence-electron chi connectivity index (χ0n) is 11.6. The number of carbonyl (C=O) groups is 1. The monoisotopic (exact) mass is 294 g/mol. The molecule has 2 fully saturated rings. The Morgan fingerprint density at radius 1 is 1.35 bits per heavy atom. The van der Waals surface area contributed by atoms with Gasteiger partial charge in [0.25, 0.3) is 0 Å². The molecule has 2 saturated heterocycles. The minimum absolute atomic E-state index is 0.0512. The van der Waals surface area contributed by atoms with E-state index in [1.807, 2.05) is 6.92 Å². The number of alkyl halides is 3. The summed E-state index contributed by atoms with van der Waals surface area (Å²) in [4.78, 5) is 13.4. The lowest BCUT2D eigenvalue weighted by Crippen LogP contribution is -2.51. The third-order valence-corrected chi connectivity index (χ3v) is 3.93. The van der Waals surface area contributed by atoms with Crippen LogP contribution in [0.4, 0.5) is 13.2 Å². The van der Waals surface area contributed by atoms with Crippen molar-refractivity contribution in [3.63, 3.8) is 0 Å². The van der Waals surface area contributed by atoms with Gasteiger partial charge in [0, 0.05) is 6.04 Å². The van der Waals surface area contributed by atoms with Gasteiger partial charge in [0.05, 0.1) is 18.6 Å². The van der Waals surface area contributed by atoms with Crippen molar-refractivity contribution in [3.05, 3.63) is 0 Å². The van der Waals surface area contributed by atoms with Crippen molar-refractivity contribution in [1.82, 2.24) is 10.2 Å². The molecule has 0 aromatic carbocycles. The maximum Gasteiger partial charge on any atom is 0.406 e. The van der Waals surface area contributed by atoms with Crippen molar-refractivity contribution >= 4 is 5.91 Å². The highest BCUT2D eigenvalue weighted by Gasteiger charge is 2.40. The molecule has 0 spiro atoms. The predicted octanol–water partition coefficient (Wildman–Crippen LogP) is 1.55. The molecule has 2 heterocycles. The standard InChI is InChI=1S/C13H21F3N2O2/c1-9-6-10(7-20-9)12(19)18(8-13(14,15)16)11-2-4-17-5-3-11/h9-11,17H,2-8H2,1H3. The second kappa shape index (κ2) is 6.30. The fourth-order valence-corrected chi connectivity index (χ4v) is 2.92. The van der Waals surface area contributed by atoms with Crippen LogP contribution in [0.2, 0.25) is 0 Å². The van der Waals surface area contributed by atoms with Crippen LogP contribution in [0.25, 0.3) is 0 Å². The molecule has 4 nitrogen and oxygen atoms in total. The summed E-state index contributed by atoms with van der Waals surface area (Å²) in [6.07, 6.45) is -2.75. The molecule has 2 atom stereocenters. The Balaban J connectivity index is 2.06. The Morgan fingerprint density at radius 2 is 2.00 bits per heavy atom. The number of hydrogen-bond donors (Lipinski definition) is 1. The number of halogens is 3. The molecule has 2 aliphatic heterocycles. The fraction of sp³-hybridized carbons (Fsp3) is 0.923. The van der Waals surface area contributed by atoms with Crippen molar-refractivity contribution in [3.8, 4) is 0 Å². The van der Waals surface area contributed by atoms with Crippen molar-refractivity contribution < 1.29 is 22.7 Å². The summed E-state index contributed by atoms with van der Waals surface area (Å²) < 4.78 is 43.5. The number of amides is 1. The lowest BCUT2D eigenvalue weighted by atomic mass is 9.99. The van der Waals surface area contributed by atoms with Gasteiger partial charge in [-0.15, -0.1) is 0 Å². The number of nitrogens with zero attached hydrogens (tertiary/aromatic N) is 1. The quantitative estimate of drug-likeness (QED) is 0.859. The third-order valence-electron chi connectivity index (χ3n) is 3.93. The number of rotatable bonds is 3. The molecule has 116 valence electrons. The Kier molecular flexibility index (Phi) is 4.90. The second-order valence-electron chi connectivity index (χ2n) is 5.64. The van der Waals surface area contributed by atoms with Crippen molar-refractivity contribution in [2.45, 2.75) is 44.5 Å². The molecule has 7 heteroatoms. The van der Waals surface area contributed by atoms with Crippen LogP contribution in [0.5, 0.6) is 0 Å². The maximum atomic E-state index is 12.7. The highest BCUT2D eigenvalue weighted by Crippen LogP contribution is 2.27. The topological polar surface area (TPSA) is 41.6 Å². The molecule has 0 saturated carbocycles. The summed E-state index contributed by atoms with van der Waals surface area (Å²) in [5.74, 6) is -0.833. The van der Waals surface area contributed by atoms with E-state index in [-0.39, 0.29) is 18.8 Å². The Bertz CT molecular complexity index is 343. The van der Waals surface area contributed by atoms with E-state index >= 15 is 0 Å². The fourth-order valence-electron chi connectivity index (χ4n) is 2.92. The molecule has 2 rings (SSSR count). The highest BCUT2D eigenvalue weighted by molar-refractivity contribution is 5.79. The van der Waals surface area contributed by atoms with E-state index < -0.39 is 24.5 Å². The normalized spacial score (nSPS) is 28.6. The maximum absolute atomic E-state index is 12.7. The van der Waals surface area contributed by atoms with Gasteiger partial charge in [-0.1, -0.05) is 0 Å². The molecule has 0 aliphatic carbocycles. The summed E-state index contributed by atoms with van der Waals surface area (Å²) in [7, 11) is 0. The number of piperidine rings is 1. The lowest BCUT2D eigenvalue weighted by Gasteiger charge is -2.36. The van der Waals surface area contributed by atoms with Gasteiger partial charge in [0.15, 0.2) is 0 Å². The van der Waals surface area contributed by atoms with E-state index in [1.165, 1.54) is 0 Å². The first-order valence-corrected chi connectivity index (χ1v) is 7.06. The highest BCUT2D eigenvalue weighted by atomic mass is 19.4. The van der Waals surface area contributed by atoms with E-state index in [4.69, 9.17) is 4.74 Å². The minimum atomic E-state index is -4.36. The predicted molar refractivity (Wildman–Crippen MR) is 67.2 cm³/mol. The number of ether oxygens (including phenoxy) is 1. The van der Waals surface area contributed by atoms with Gasteiger partial charge in [-0.05, 0) is 39.3 Å². The minimum Gasteiger partial charge on any atom is -0.378 e. The first-order valence-electron chi connectivity index (χ1n) is 7.06. The van der Waals surface area contributed by atoms with Gasteiger partial charge in [0.1, 0.15) is 6.54 Å². The van der Waals surface area contributed by atoms with Crippen LogP contribution < -0.4 is 5.32 Å². The smallest absolute Gasteiger partial charge is 0.378 e. The molecule has 2 aliphatic rings. The molecule has 0 aromatic rings. The van der Waals surface area contributed by atoms with Gasteiger partial charge < -0.3 is 15.0 Å². The average molecular weight is 294 g/mol. The van der Waals surface area contributed by atoms with E-state index in [2.05, 4.69) is 5.32 Å². The van der Waals surface area contributed by atoms with Crippen LogP contribution in [0, 0.1) is 5.92 Å². The van der Waals surface area contributed by atoms with E-state index in [1.54, 1.807) is 0 Å². The summed E-state index contributed by atoms with van der Waals surface area (Å²) in [6, 6.07) is -0.318. The Hall–Kier alpha value is -0.820. The Labute approximate surface area is 116 Å². The van der Waals surface area contributed by atoms with E-state index in [0.717, 1.165) is 4.90 Å². The van der Waals surface area contributed by atoms with E-state index in [0.29, 0.717) is 32.4 Å². The van der Waals surface area contributed by atoms with Gasteiger partial charge in [-0.3, -0.25) is 4.79 Å². The van der Waals surface area contributed by atoms with Gasteiger partial charge in [0.2, 0.25) is 5.91 Å². The van der Waals surface area contributed by atoms with Crippen LogP contribution >= 0.6 is 0 Å². The molecule has 1 N–H and O–H groups in total. The molecular weight excluding hydrogens is 273 g/mol. The first-order chi connectivity index (χ1) is 9.37. The zero-order chi connectivity index (χ0) is 14.8. The van der Waals surface area contributed by atoms with Crippen LogP contribution in [0.3, 0.4) is 0 Å². The zero-order valence-corrected chi connectivity index (χ0v) is 11.6. The van der Waals surface area contributed by atoms with Crippen molar-refractivity contribution in [2.75, 3.05) is 26.2 Å². The average Bonchev–Trinajstić information content (AvgIpc) is 2.82. The largest absolute Gasteiger partial charge is 0.406 e. The van der Waals surface area contributed by atoms with Crippen LogP contribution in [-0.2, 0) is 9.53 Å². The number of nitrogens with one attached hydrogen (secondary N) is 1. The number of carbonyl (C=O) groups excluding carboxylic acids is 1. The van der Waals surface area contributed by atoms with Crippen LogP contribution in [-0.4, -0.2) is 55.4 Å². The van der Waals surface area contributed by atoms with Crippen molar-refractivity contribution in [1.29, 1.82) is 0 Å². The summed E-state index contributed by atoms with van der Waals surface area (Å²) >= 11 is 0. The van der Waals surface area contributed by atoms with E-state index in [9.17, 15) is 18.0 Å². The Morgan fingerprint density at radius 3 is 2.50 bits per heavy atom. The van der Waals surface area contributed by atoms with Gasteiger partial charge >= 0.3 is 6.18 Å². The van der Waals surface area contributed by atoms with Gasteiger partial charge in [-0.2, -0.15) is 13.2 Å². The molecular formula is C13H21F3N2O2. The lowest BCUT2D eigenvalue weighted by molar-refractivity contribution is -0.169. The molecule has 0 aromatic heterocycles. The number of hydrogen-bond acceptors (Lipinski definition) is 3. The second-order valence-corrected chi connectivity index (χ2v) is 5.64. The summed E-state index contributed by atoms with van der Waals surface area (Å²) in [5, 5.41) is 3.10. The van der Waals surface area contributed by atoms with Crippen LogP contribution in [0.1, 0.15) is 26.2 Å². The molecule has 0 radical (unpaired) electrons. The summed E-state index contributed by atoms with van der Waals surface area (Å²) in [6.45, 7) is 2.24.